The number of hydrogen-bond acceptors (Lipinski definition) is 11. The Kier molecular flexibility index (Phi) is 21.2. The predicted octanol–water partition coefficient (Wildman–Crippen LogP) is 9.56. The van der Waals surface area contributed by atoms with Crippen LogP contribution in [0, 0.1) is 16.7 Å². The van der Waals surface area contributed by atoms with Gasteiger partial charge in [0.05, 0.1) is 41.1 Å². The first kappa shape index (κ1) is 54.0. The molecule has 2 amide bonds. The number of fused-ring (bicyclic) bond motifs is 1. The van der Waals surface area contributed by atoms with E-state index in [2.05, 4.69) is 63.7 Å². The number of likely N-dealkylation sites (N-methyl/N-ethyl adjacent to an activating group) is 1. The number of nitrogens with zero attached hydrogens (tertiary/aromatic N) is 5. The quantitative estimate of drug-likeness (QED) is 0.0420. The monoisotopic (exact) mass is 967 g/mol. The number of nitrogens with one attached hydrogen (secondary N) is 2. The molecule has 65 heavy (non-hydrogen) atoms. The van der Waals surface area contributed by atoms with E-state index in [-0.39, 0.29) is 50.1 Å². The number of benzene rings is 2. The van der Waals surface area contributed by atoms with Gasteiger partial charge >= 0.3 is 5.97 Å². The summed E-state index contributed by atoms with van der Waals surface area (Å²) in [5.74, 6) is -0.620. The molecule has 0 aliphatic rings. The third-order valence-electron chi connectivity index (χ3n) is 12.0. The smallest absolute Gasteiger partial charge is 0.309 e. The lowest BCUT2D eigenvalue weighted by atomic mass is 9.68. The summed E-state index contributed by atoms with van der Waals surface area (Å²) in [6.45, 7) is 18.6. The zero-order chi connectivity index (χ0) is 47.8. The van der Waals surface area contributed by atoms with E-state index in [0.717, 1.165) is 67.5 Å². The van der Waals surface area contributed by atoms with Crippen LogP contribution in [0.25, 0.3) is 10.9 Å². The van der Waals surface area contributed by atoms with Crippen molar-refractivity contribution in [2.24, 2.45) is 16.7 Å². The molecule has 5 unspecified atom stereocenters. The highest BCUT2D eigenvalue weighted by Gasteiger charge is 2.48. The lowest BCUT2D eigenvalue weighted by Gasteiger charge is -2.40. The third kappa shape index (κ3) is 16.9. The number of halogens is 1. The van der Waals surface area contributed by atoms with Crippen molar-refractivity contribution in [1.29, 1.82) is 0 Å². The molecule has 2 heterocycles. The maximum atomic E-state index is 14.8. The maximum Gasteiger partial charge on any atom is 0.309 e. The van der Waals surface area contributed by atoms with E-state index in [0.29, 0.717) is 26.7 Å². The van der Waals surface area contributed by atoms with Gasteiger partial charge < -0.3 is 25.7 Å². The van der Waals surface area contributed by atoms with Gasteiger partial charge in [-0.1, -0.05) is 105 Å². The third-order valence-corrected chi connectivity index (χ3v) is 15.2. The summed E-state index contributed by atoms with van der Waals surface area (Å²) in [7, 11) is 0. The first-order valence-electron chi connectivity index (χ1n) is 22.8. The van der Waals surface area contributed by atoms with Crippen molar-refractivity contribution >= 4 is 79.6 Å². The molecule has 0 aliphatic carbocycles. The van der Waals surface area contributed by atoms with Gasteiger partial charge in [0.15, 0.2) is 0 Å². The van der Waals surface area contributed by atoms with Gasteiger partial charge in [0.1, 0.15) is 9.22 Å². The zero-order valence-corrected chi connectivity index (χ0v) is 42.6. The summed E-state index contributed by atoms with van der Waals surface area (Å²) in [5.41, 5.74) is 1.43. The van der Waals surface area contributed by atoms with Crippen LogP contribution in [0.5, 0.6) is 0 Å². The molecule has 0 saturated carbocycles. The van der Waals surface area contributed by atoms with Gasteiger partial charge in [0.2, 0.25) is 11.8 Å². The number of rotatable bonds is 27. The molecule has 5 atom stereocenters. The molecule has 4 rings (SSSR count). The number of carbonyl (C=O) groups is 3. The second-order valence-electron chi connectivity index (χ2n) is 18.6. The van der Waals surface area contributed by atoms with Crippen LogP contribution >= 0.6 is 47.3 Å². The summed E-state index contributed by atoms with van der Waals surface area (Å²) >= 11 is 14.7. The number of thiocarbonyl (C=S) groups is 1. The average Bonchev–Trinajstić information content (AvgIpc) is 3.72. The number of aliphatic carboxylic acids is 1. The van der Waals surface area contributed by atoms with E-state index >= 15 is 0 Å². The largest absolute Gasteiger partial charge is 0.481 e. The Balaban J connectivity index is 1.47. The first-order chi connectivity index (χ1) is 30.8. The van der Waals surface area contributed by atoms with Crippen LogP contribution < -0.4 is 10.6 Å². The standard InChI is InChI=1S/C49H70ClN7O5S3/c1-9-25-64-46(63)65-49(8,44(60)52-30-35(4)58)33-48(7,29-38(28-47(5,6)45(61)62)36-16-12-11-13-17-36)43(59)53-31-40-32-57(55-54-40)24-23-56(10-2)22-14-15-34(3)26-37-20-21-51-42-27-39(50)18-19-41(37)42/h11-13,16-21,27,32,34-35,38,58H,9-10,14-15,22-26,28-31,33H2,1-8H3,(H,52,60)(H,53,59)(H,61,62). The van der Waals surface area contributed by atoms with Crippen molar-refractivity contribution in [2.75, 3.05) is 31.9 Å². The topological polar surface area (TPSA) is 163 Å². The van der Waals surface area contributed by atoms with Gasteiger partial charge in [-0.3, -0.25) is 24.0 Å². The van der Waals surface area contributed by atoms with Gasteiger partial charge in [0, 0.05) is 35.1 Å². The van der Waals surface area contributed by atoms with E-state index < -0.39 is 27.7 Å². The fourth-order valence-electron chi connectivity index (χ4n) is 8.34. The molecule has 0 aliphatic heterocycles. The number of aromatic nitrogens is 4. The van der Waals surface area contributed by atoms with Crippen molar-refractivity contribution in [3.05, 3.63) is 88.8 Å². The minimum Gasteiger partial charge on any atom is -0.481 e. The number of aliphatic hydroxyl groups is 1. The summed E-state index contributed by atoms with van der Waals surface area (Å²) < 4.78 is 1.18. The van der Waals surface area contributed by atoms with Crippen LogP contribution in [0.1, 0.15) is 117 Å². The van der Waals surface area contributed by atoms with Gasteiger partial charge in [-0.2, -0.15) is 0 Å². The Morgan fingerprint density at radius 3 is 2.40 bits per heavy atom. The molecule has 0 radical (unpaired) electrons. The molecule has 16 heteroatoms. The van der Waals surface area contributed by atoms with Gasteiger partial charge in [-0.15, -0.1) is 16.9 Å². The lowest BCUT2D eigenvalue weighted by Crippen LogP contribution is -2.51. The van der Waals surface area contributed by atoms with Crippen LogP contribution in [0.15, 0.2) is 67.0 Å². The molecule has 4 aromatic rings. The summed E-state index contributed by atoms with van der Waals surface area (Å²) in [6.07, 6.45) is 7.59. The number of carbonyl (C=O) groups excluding carboxylic acids is 2. The number of carboxylic acid groups (broad SMARTS) is 1. The number of amides is 2. The van der Waals surface area contributed by atoms with E-state index in [1.54, 1.807) is 32.4 Å². The van der Waals surface area contributed by atoms with E-state index in [9.17, 15) is 24.6 Å². The first-order valence-corrected chi connectivity index (χ1v) is 25.4. The molecule has 0 spiro atoms. The normalized spacial score (nSPS) is 15.2. The van der Waals surface area contributed by atoms with Crippen molar-refractivity contribution in [3.63, 3.8) is 0 Å². The fraction of sp³-hybridized carbons (Fsp3) is 0.571. The molecule has 356 valence electrons. The average molecular weight is 969 g/mol. The lowest BCUT2D eigenvalue weighted by molar-refractivity contribution is -0.147. The minimum atomic E-state index is -1.21. The molecule has 2 aromatic carbocycles. The highest BCUT2D eigenvalue weighted by molar-refractivity contribution is 8.47. The maximum absolute atomic E-state index is 14.8. The van der Waals surface area contributed by atoms with E-state index in [1.165, 1.54) is 29.1 Å². The summed E-state index contributed by atoms with van der Waals surface area (Å²) in [6, 6.07) is 17.7. The van der Waals surface area contributed by atoms with Crippen LogP contribution in [0.2, 0.25) is 5.02 Å². The number of thioether (sulfide) groups is 2. The van der Waals surface area contributed by atoms with Crippen LogP contribution in [-0.4, -0.2) is 99.2 Å². The Labute approximate surface area is 405 Å². The Bertz CT molecular complexity index is 2180. The fourth-order valence-corrected chi connectivity index (χ4v) is 11.6. The van der Waals surface area contributed by atoms with Crippen molar-refractivity contribution in [1.82, 2.24) is 35.5 Å². The van der Waals surface area contributed by atoms with Crippen LogP contribution in [0.4, 0.5) is 0 Å². The van der Waals surface area contributed by atoms with Crippen LogP contribution in [-0.2, 0) is 33.9 Å². The van der Waals surface area contributed by atoms with Gasteiger partial charge in [-0.05, 0) is 133 Å². The molecule has 12 nitrogen and oxygen atoms in total. The Morgan fingerprint density at radius 1 is 0.985 bits per heavy atom. The van der Waals surface area contributed by atoms with Crippen molar-refractivity contribution in [2.45, 2.75) is 130 Å². The number of aliphatic hydroxyl groups excluding tert-OH is 1. The Morgan fingerprint density at radius 2 is 1.72 bits per heavy atom. The summed E-state index contributed by atoms with van der Waals surface area (Å²) in [4.78, 5) is 48.3. The number of carboxylic acids is 1. The zero-order valence-electron chi connectivity index (χ0n) is 39.4. The molecule has 0 fully saturated rings. The highest BCUT2D eigenvalue weighted by atomic mass is 35.5. The molecule has 4 N–H and O–H groups in total. The van der Waals surface area contributed by atoms with Gasteiger partial charge in [-0.25, -0.2) is 0 Å². The molecular formula is C49H70ClN7O5S3. The summed E-state index contributed by atoms with van der Waals surface area (Å²) in [5, 5.41) is 36.9. The second kappa shape index (κ2) is 25.5. The van der Waals surface area contributed by atoms with Crippen molar-refractivity contribution < 1.29 is 24.6 Å². The SMILES string of the molecule is CCCSC(=S)SC(C)(CC(C)(CC(CC(C)(C)C(=O)O)c1ccccc1)C(=O)NCc1cn(CCN(CC)CCCC(C)Cc2ccnc3cc(Cl)ccc23)nn1)C(=O)NCC(C)O. The molecule has 0 saturated heterocycles. The highest BCUT2D eigenvalue weighted by Crippen LogP contribution is 2.47. The minimum absolute atomic E-state index is 0.0402. The number of pyridine rings is 1. The van der Waals surface area contributed by atoms with Crippen LogP contribution in [0.3, 0.4) is 0 Å². The second-order valence-corrected chi connectivity index (χ2v) is 22.8. The Hall–Kier alpha value is -3.60. The molecular weight excluding hydrogens is 898 g/mol. The van der Waals surface area contributed by atoms with Crippen molar-refractivity contribution in [3.8, 4) is 0 Å². The number of hydrogen-bond donors (Lipinski definition) is 4. The predicted molar refractivity (Wildman–Crippen MR) is 271 cm³/mol. The van der Waals surface area contributed by atoms with Gasteiger partial charge in [0.25, 0.3) is 0 Å². The molecule has 0 bridgehead atoms. The van der Waals surface area contributed by atoms with E-state index in [1.807, 2.05) is 61.8 Å². The van der Waals surface area contributed by atoms with E-state index in [4.69, 9.17) is 23.8 Å². The molecule has 2 aromatic heterocycles.